The lowest BCUT2D eigenvalue weighted by atomic mass is 9.85. The first-order chi connectivity index (χ1) is 8.60. The number of nitrogens with one attached hydrogen (secondary N) is 1. The first-order valence-electron chi connectivity index (χ1n) is 6.84. The van der Waals surface area contributed by atoms with Crippen LogP contribution in [0.25, 0.3) is 0 Å². The van der Waals surface area contributed by atoms with Gasteiger partial charge >= 0.3 is 0 Å². The van der Waals surface area contributed by atoms with E-state index in [1.54, 1.807) is 11.8 Å². The van der Waals surface area contributed by atoms with E-state index in [0.717, 1.165) is 18.7 Å². The molecule has 0 bridgehead atoms. The van der Waals surface area contributed by atoms with Crippen molar-refractivity contribution < 1.29 is 9.59 Å². The van der Waals surface area contributed by atoms with Crippen LogP contribution in [0.1, 0.15) is 39.0 Å². The summed E-state index contributed by atoms with van der Waals surface area (Å²) in [6, 6.07) is -0.241. The fourth-order valence-electron chi connectivity index (χ4n) is 3.07. The number of hydrogen-bond donors (Lipinski definition) is 1. The van der Waals surface area contributed by atoms with E-state index in [1.807, 2.05) is 4.90 Å². The zero-order chi connectivity index (χ0) is 12.8. The molecule has 1 aliphatic carbocycles. The summed E-state index contributed by atoms with van der Waals surface area (Å²) in [5.74, 6) is 1.61. The first kappa shape index (κ1) is 12.3. The second-order valence-corrected chi connectivity index (χ2v) is 7.31. The molecule has 1 saturated carbocycles. The number of fused-ring (bicyclic) bond motifs is 1. The predicted octanol–water partition coefficient (Wildman–Crippen LogP) is 1.36. The van der Waals surface area contributed by atoms with Gasteiger partial charge in [-0.3, -0.25) is 9.59 Å². The lowest BCUT2D eigenvalue weighted by molar-refractivity contribution is -0.138. The van der Waals surface area contributed by atoms with Crippen molar-refractivity contribution in [3.63, 3.8) is 0 Å². The summed E-state index contributed by atoms with van der Waals surface area (Å²) in [5, 5.41) is 3.03. The molecule has 18 heavy (non-hydrogen) atoms. The third kappa shape index (κ3) is 1.92. The van der Waals surface area contributed by atoms with Gasteiger partial charge in [0, 0.05) is 18.7 Å². The van der Waals surface area contributed by atoms with Crippen molar-refractivity contribution in [2.24, 2.45) is 5.92 Å². The van der Waals surface area contributed by atoms with E-state index in [-0.39, 0.29) is 22.7 Å². The van der Waals surface area contributed by atoms with Crippen LogP contribution < -0.4 is 5.32 Å². The molecular weight excluding hydrogens is 248 g/mol. The molecule has 100 valence electrons. The number of thioether (sulfide) groups is 1. The summed E-state index contributed by atoms with van der Waals surface area (Å²) >= 11 is 1.75. The van der Waals surface area contributed by atoms with Gasteiger partial charge in [0.2, 0.25) is 11.8 Å². The van der Waals surface area contributed by atoms with Crippen LogP contribution in [0.5, 0.6) is 0 Å². The normalized spacial score (nSPS) is 35.5. The van der Waals surface area contributed by atoms with Gasteiger partial charge in [-0.25, -0.2) is 0 Å². The smallest absolute Gasteiger partial charge is 0.243 e. The summed E-state index contributed by atoms with van der Waals surface area (Å²) in [7, 11) is 0. The summed E-state index contributed by atoms with van der Waals surface area (Å²) in [5.41, 5.74) is 0. The average molecular weight is 268 g/mol. The van der Waals surface area contributed by atoms with E-state index >= 15 is 0 Å². The molecule has 2 amide bonds. The topological polar surface area (TPSA) is 49.4 Å². The maximum atomic E-state index is 12.2. The number of amides is 2. The molecule has 3 aliphatic rings. The van der Waals surface area contributed by atoms with Crippen LogP contribution in [0, 0.1) is 5.92 Å². The van der Waals surface area contributed by atoms with Gasteiger partial charge in [0.15, 0.2) is 0 Å². The Morgan fingerprint density at radius 2 is 2.33 bits per heavy atom. The molecule has 3 rings (SSSR count). The number of carbonyl (C=O) groups is 2. The highest BCUT2D eigenvalue weighted by Gasteiger charge is 2.52. The molecule has 0 spiro atoms. The van der Waals surface area contributed by atoms with Gasteiger partial charge < -0.3 is 10.2 Å². The SMILES string of the molecule is CC12CCC(=O)N1C(C(=O)NCC1CCC1)CS2. The number of rotatable bonds is 3. The monoisotopic (exact) mass is 268 g/mol. The third-order valence-corrected chi connectivity index (χ3v) is 6.04. The molecule has 2 unspecified atom stereocenters. The molecule has 0 aromatic carbocycles. The minimum atomic E-state index is -0.241. The molecule has 0 aromatic heterocycles. The molecule has 5 heteroatoms. The molecule has 2 atom stereocenters. The van der Waals surface area contributed by atoms with Crippen LogP contribution in [-0.2, 0) is 9.59 Å². The van der Waals surface area contributed by atoms with Crippen LogP contribution in [0.4, 0.5) is 0 Å². The van der Waals surface area contributed by atoms with Crippen molar-refractivity contribution in [1.82, 2.24) is 10.2 Å². The molecular formula is C13H20N2O2S. The fourth-order valence-corrected chi connectivity index (χ4v) is 4.51. The number of hydrogen-bond acceptors (Lipinski definition) is 3. The Balaban J connectivity index is 1.61. The second kappa shape index (κ2) is 4.44. The van der Waals surface area contributed by atoms with E-state index in [4.69, 9.17) is 0 Å². The minimum Gasteiger partial charge on any atom is -0.354 e. The lowest BCUT2D eigenvalue weighted by Gasteiger charge is -2.31. The maximum Gasteiger partial charge on any atom is 0.243 e. The molecule has 0 aromatic rings. The van der Waals surface area contributed by atoms with Gasteiger partial charge in [-0.05, 0) is 32.1 Å². The molecule has 2 aliphatic heterocycles. The van der Waals surface area contributed by atoms with E-state index in [0.29, 0.717) is 12.3 Å². The van der Waals surface area contributed by atoms with E-state index in [2.05, 4.69) is 12.2 Å². The minimum absolute atomic E-state index is 0.0494. The predicted molar refractivity (Wildman–Crippen MR) is 71.1 cm³/mol. The van der Waals surface area contributed by atoms with E-state index < -0.39 is 0 Å². The van der Waals surface area contributed by atoms with Gasteiger partial charge in [-0.15, -0.1) is 11.8 Å². The van der Waals surface area contributed by atoms with Crippen LogP contribution in [-0.4, -0.2) is 39.9 Å². The highest BCUT2D eigenvalue weighted by molar-refractivity contribution is 8.01. The Morgan fingerprint density at radius 1 is 1.56 bits per heavy atom. The Morgan fingerprint density at radius 3 is 3.00 bits per heavy atom. The highest BCUT2D eigenvalue weighted by Crippen LogP contribution is 2.47. The molecule has 3 fully saturated rings. The summed E-state index contributed by atoms with van der Waals surface area (Å²) < 4.78 is 0. The van der Waals surface area contributed by atoms with E-state index in [9.17, 15) is 9.59 Å². The van der Waals surface area contributed by atoms with Crippen molar-refractivity contribution in [3.05, 3.63) is 0 Å². The fraction of sp³-hybridized carbons (Fsp3) is 0.846. The quantitative estimate of drug-likeness (QED) is 0.841. The van der Waals surface area contributed by atoms with Gasteiger partial charge in [0.25, 0.3) is 0 Å². The summed E-state index contributed by atoms with van der Waals surface area (Å²) in [6.07, 6.45) is 5.24. The largest absolute Gasteiger partial charge is 0.354 e. The van der Waals surface area contributed by atoms with Gasteiger partial charge in [-0.1, -0.05) is 6.42 Å². The van der Waals surface area contributed by atoms with Crippen molar-refractivity contribution in [2.45, 2.75) is 49.9 Å². The van der Waals surface area contributed by atoms with Crippen LogP contribution in [0.3, 0.4) is 0 Å². The van der Waals surface area contributed by atoms with Crippen molar-refractivity contribution >= 4 is 23.6 Å². The zero-order valence-electron chi connectivity index (χ0n) is 10.8. The second-order valence-electron chi connectivity index (χ2n) is 5.81. The van der Waals surface area contributed by atoms with Crippen LogP contribution in [0.2, 0.25) is 0 Å². The third-order valence-electron chi connectivity index (χ3n) is 4.54. The Labute approximate surface area is 112 Å². The maximum absolute atomic E-state index is 12.2. The molecule has 0 radical (unpaired) electrons. The van der Waals surface area contributed by atoms with Gasteiger partial charge in [0.05, 0.1) is 4.87 Å². The van der Waals surface area contributed by atoms with Crippen LogP contribution in [0.15, 0.2) is 0 Å². The van der Waals surface area contributed by atoms with Crippen molar-refractivity contribution in [1.29, 1.82) is 0 Å². The lowest BCUT2D eigenvalue weighted by Crippen LogP contribution is -2.51. The zero-order valence-corrected chi connectivity index (χ0v) is 11.6. The Bertz CT molecular complexity index is 383. The van der Waals surface area contributed by atoms with Gasteiger partial charge in [-0.2, -0.15) is 0 Å². The molecule has 4 nitrogen and oxygen atoms in total. The van der Waals surface area contributed by atoms with Crippen LogP contribution >= 0.6 is 11.8 Å². The summed E-state index contributed by atoms with van der Waals surface area (Å²) in [6.45, 7) is 2.88. The molecule has 2 saturated heterocycles. The van der Waals surface area contributed by atoms with E-state index in [1.165, 1.54) is 19.3 Å². The number of carbonyl (C=O) groups excluding carboxylic acids is 2. The summed E-state index contributed by atoms with van der Waals surface area (Å²) in [4.78, 5) is 25.8. The van der Waals surface area contributed by atoms with Crippen molar-refractivity contribution in [3.8, 4) is 0 Å². The molecule has 2 heterocycles. The molecule has 1 N–H and O–H groups in total. The van der Waals surface area contributed by atoms with Crippen molar-refractivity contribution in [2.75, 3.05) is 12.3 Å². The average Bonchev–Trinajstić information content (AvgIpc) is 2.75. The number of nitrogens with zero attached hydrogens (tertiary/aromatic N) is 1. The Kier molecular flexibility index (Phi) is 3.04. The Hall–Kier alpha value is -0.710. The van der Waals surface area contributed by atoms with Gasteiger partial charge in [0.1, 0.15) is 6.04 Å². The first-order valence-corrected chi connectivity index (χ1v) is 7.82. The highest BCUT2D eigenvalue weighted by atomic mass is 32.2. The standard InChI is InChI=1S/C13H20N2O2S/c1-13-6-5-11(16)15(13)10(8-18-13)12(17)14-7-9-3-2-4-9/h9-10H,2-8H2,1H3,(H,14,17).